The molecule has 14 heavy (non-hydrogen) atoms. The molecular formula is C10H13N3S. The number of fused-ring (bicyclic) bond motifs is 1. The van der Waals surface area contributed by atoms with Crippen molar-refractivity contribution in [3.05, 3.63) is 23.5 Å². The topological polar surface area (TPSA) is 43.3 Å². The molecule has 0 spiro atoms. The first kappa shape index (κ1) is 8.44. The highest BCUT2D eigenvalue weighted by Crippen LogP contribution is 2.37. The lowest BCUT2D eigenvalue weighted by Gasteiger charge is -2.22. The van der Waals surface area contributed by atoms with Crippen LogP contribution in [0.5, 0.6) is 0 Å². The number of nitrogens with zero attached hydrogens (tertiary/aromatic N) is 2. The molecule has 0 unspecified atom stereocenters. The van der Waals surface area contributed by atoms with Crippen LogP contribution in [-0.4, -0.2) is 9.38 Å². The summed E-state index contributed by atoms with van der Waals surface area (Å²) in [5, 5.41) is 2.16. The summed E-state index contributed by atoms with van der Waals surface area (Å²) >= 11 is 1.68. The van der Waals surface area contributed by atoms with Crippen LogP contribution in [0.15, 0.2) is 17.8 Å². The summed E-state index contributed by atoms with van der Waals surface area (Å²) < 4.78 is 2.13. The van der Waals surface area contributed by atoms with E-state index >= 15 is 0 Å². The van der Waals surface area contributed by atoms with E-state index in [0.717, 1.165) is 17.8 Å². The van der Waals surface area contributed by atoms with Crippen molar-refractivity contribution in [2.75, 3.05) is 0 Å². The van der Waals surface area contributed by atoms with E-state index in [4.69, 9.17) is 5.73 Å². The van der Waals surface area contributed by atoms with Gasteiger partial charge in [-0.15, -0.1) is 11.3 Å². The van der Waals surface area contributed by atoms with Gasteiger partial charge in [-0.3, -0.25) is 4.40 Å². The molecule has 2 aromatic heterocycles. The predicted octanol–water partition coefficient (Wildman–Crippen LogP) is 2.12. The molecule has 2 aromatic rings. The summed E-state index contributed by atoms with van der Waals surface area (Å²) in [4.78, 5) is 5.32. The molecule has 1 saturated carbocycles. The Kier molecular flexibility index (Phi) is 1.69. The molecule has 2 N–H and O–H groups in total. The second-order valence-electron chi connectivity index (χ2n) is 4.06. The van der Waals surface area contributed by atoms with Gasteiger partial charge in [-0.25, -0.2) is 4.98 Å². The number of hydrogen-bond donors (Lipinski definition) is 1. The van der Waals surface area contributed by atoms with E-state index in [-0.39, 0.29) is 5.54 Å². The van der Waals surface area contributed by atoms with Crippen molar-refractivity contribution in [1.82, 2.24) is 9.38 Å². The Hall–Kier alpha value is -0.870. The molecule has 0 atom stereocenters. The standard InChI is InChI=1S/C10H13N3S/c11-10(3-1-2-4-10)8-7-14-9-12-5-6-13(8)9/h5-7H,1-4,11H2. The highest BCUT2D eigenvalue weighted by atomic mass is 32.1. The molecule has 3 rings (SSSR count). The molecule has 2 heterocycles. The molecule has 3 nitrogen and oxygen atoms in total. The van der Waals surface area contributed by atoms with E-state index in [1.54, 1.807) is 11.3 Å². The van der Waals surface area contributed by atoms with Crippen LogP contribution in [0.3, 0.4) is 0 Å². The monoisotopic (exact) mass is 207 g/mol. The summed E-state index contributed by atoms with van der Waals surface area (Å²) in [6, 6.07) is 0. The molecule has 0 radical (unpaired) electrons. The molecule has 1 fully saturated rings. The number of hydrogen-bond acceptors (Lipinski definition) is 3. The van der Waals surface area contributed by atoms with Gasteiger partial charge in [0.1, 0.15) is 0 Å². The first-order valence-electron chi connectivity index (χ1n) is 4.99. The lowest BCUT2D eigenvalue weighted by molar-refractivity contribution is 0.445. The van der Waals surface area contributed by atoms with Crippen molar-refractivity contribution >= 4 is 16.3 Å². The average Bonchev–Trinajstić information content (AvgIpc) is 2.76. The molecule has 4 heteroatoms. The average molecular weight is 207 g/mol. The molecule has 0 amide bonds. The zero-order valence-corrected chi connectivity index (χ0v) is 8.76. The van der Waals surface area contributed by atoms with Gasteiger partial charge in [0.15, 0.2) is 4.96 Å². The number of nitrogens with two attached hydrogens (primary N) is 1. The zero-order valence-electron chi connectivity index (χ0n) is 7.94. The van der Waals surface area contributed by atoms with E-state index in [9.17, 15) is 0 Å². The van der Waals surface area contributed by atoms with Crippen LogP contribution in [-0.2, 0) is 5.54 Å². The number of aromatic nitrogens is 2. The van der Waals surface area contributed by atoms with Gasteiger partial charge >= 0.3 is 0 Å². The Morgan fingerprint density at radius 3 is 3.00 bits per heavy atom. The Bertz CT molecular complexity index is 451. The number of imidazole rings is 1. The third-order valence-electron chi connectivity index (χ3n) is 3.15. The van der Waals surface area contributed by atoms with Crippen LogP contribution < -0.4 is 5.73 Å². The van der Waals surface area contributed by atoms with Crippen molar-refractivity contribution in [2.45, 2.75) is 31.2 Å². The normalized spacial score (nSPS) is 20.6. The smallest absolute Gasteiger partial charge is 0.193 e. The Balaban J connectivity index is 2.17. The van der Waals surface area contributed by atoms with E-state index in [2.05, 4.69) is 14.8 Å². The molecule has 0 saturated heterocycles. The quantitative estimate of drug-likeness (QED) is 0.778. The Labute approximate surface area is 86.6 Å². The molecular weight excluding hydrogens is 194 g/mol. The highest BCUT2D eigenvalue weighted by Gasteiger charge is 2.33. The molecule has 0 aromatic carbocycles. The van der Waals surface area contributed by atoms with Gasteiger partial charge in [0.05, 0.1) is 11.2 Å². The van der Waals surface area contributed by atoms with Crippen LogP contribution in [0.1, 0.15) is 31.4 Å². The van der Waals surface area contributed by atoms with Gasteiger partial charge in [-0.05, 0) is 12.8 Å². The molecule has 1 aliphatic rings. The van der Waals surface area contributed by atoms with Crippen LogP contribution in [0.4, 0.5) is 0 Å². The van der Waals surface area contributed by atoms with E-state index in [0.29, 0.717) is 0 Å². The SMILES string of the molecule is NC1(c2csc3nccn23)CCCC1. The second kappa shape index (κ2) is 2.81. The number of rotatable bonds is 1. The molecule has 74 valence electrons. The third kappa shape index (κ3) is 1.04. The maximum absolute atomic E-state index is 6.41. The number of thiazole rings is 1. The molecule has 0 aliphatic heterocycles. The van der Waals surface area contributed by atoms with E-state index in [1.807, 2.05) is 12.4 Å². The van der Waals surface area contributed by atoms with Crippen LogP contribution in [0.2, 0.25) is 0 Å². The maximum Gasteiger partial charge on any atom is 0.193 e. The van der Waals surface area contributed by atoms with Gasteiger partial charge in [0.2, 0.25) is 0 Å². The summed E-state index contributed by atoms with van der Waals surface area (Å²) in [5.41, 5.74) is 7.55. The fourth-order valence-electron chi connectivity index (χ4n) is 2.34. The van der Waals surface area contributed by atoms with Crippen molar-refractivity contribution in [3.8, 4) is 0 Å². The van der Waals surface area contributed by atoms with Gasteiger partial charge < -0.3 is 5.73 Å². The maximum atomic E-state index is 6.41. The predicted molar refractivity (Wildman–Crippen MR) is 57.4 cm³/mol. The van der Waals surface area contributed by atoms with Crippen LogP contribution in [0.25, 0.3) is 4.96 Å². The minimum absolute atomic E-state index is 0.0983. The minimum Gasteiger partial charge on any atom is -0.320 e. The van der Waals surface area contributed by atoms with Crippen molar-refractivity contribution in [3.63, 3.8) is 0 Å². The second-order valence-corrected chi connectivity index (χ2v) is 4.90. The fourth-order valence-corrected chi connectivity index (χ4v) is 3.30. The largest absolute Gasteiger partial charge is 0.320 e. The highest BCUT2D eigenvalue weighted by molar-refractivity contribution is 7.15. The van der Waals surface area contributed by atoms with Gasteiger partial charge in [0.25, 0.3) is 0 Å². The molecule has 0 bridgehead atoms. The Morgan fingerprint density at radius 2 is 2.21 bits per heavy atom. The van der Waals surface area contributed by atoms with E-state index in [1.165, 1.54) is 18.5 Å². The van der Waals surface area contributed by atoms with Crippen LogP contribution >= 0.6 is 11.3 Å². The first-order chi connectivity index (χ1) is 6.80. The van der Waals surface area contributed by atoms with Crippen molar-refractivity contribution in [1.29, 1.82) is 0 Å². The lowest BCUT2D eigenvalue weighted by atomic mass is 9.96. The lowest BCUT2D eigenvalue weighted by Crippen LogP contribution is -2.34. The van der Waals surface area contributed by atoms with Crippen molar-refractivity contribution in [2.24, 2.45) is 5.73 Å². The fraction of sp³-hybridized carbons (Fsp3) is 0.500. The van der Waals surface area contributed by atoms with Crippen molar-refractivity contribution < 1.29 is 0 Å². The summed E-state index contributed by atoms with van der Waals surface area (Å²) in [7, 11) is 0. The zero-order chi connectivity index (χ0) is 9.60. The third-order valence-corrected chi connectivity index (χ3v) is 4.00. The van der Waals surface area contributed by atoms with Gasteiger partial charge in [-0.1, -0.05) is 12.8 Å². The summed E-state index contributed by atoms with van der Waals surface area (Å²) in [6.07, 6.45) is 8.57. The Morgan fingerprint density at radius 1 is 1.43 bits per heavy atom. The van der Waals surface area contributed by atoms with E-state index < -0.39 is 0 Å². The van der Waals surface area contributed by atoms with Gasteiger partial charge in [-0.2, -0.15) is 0 Å². The van der Waals surface area contributed by atoms with Crippen LogP contribution in [0, 0.1) is 0 Å². The summed E-state index contributed by atoms with van der Waals surface area (Å²) in [6.45, 7) is 0. The molecule has 1 aliphatic carbocycles. The summed E-state index contributed by atoms with van der Waals surface area (Å²) in [5.74, 6) is 0. The van der Waals surface area contributed by atoms with Gasteiger partial charge in [0, 0.05) is 17.8 Å². The minimum atomic E-state index is -0.0983. The first-order valence-corrected chi connectivity index (χ1v) is 5.87.